The lowest BCUT2D eigenvalue weighted by Gasteiger charge is -2.29. The Bertz CT molecular complexity index is 497. The van der Waals surface area contributed by atoms with Crippen LogP contribution in [0.2, 0.25) is 0 Å². The zero-order valence-corrected chi connectivity index (χ0v) is 13.3. The van der Waals surface area contributed by atoms with Crippen LogP contribution in [0.5, 0.6) is 0 Å². The number of amides is 2. The summed E-state index contributed by atoms with van der Waals surface area (Å²) >= 11 is 0. The summed E-state index contributed by atoms with van der Waals surface area (Å²) in [5.41, 5.74) is 0. The van der Waals surface area contributed by atoms with E-state index < -0.39 is 15.9 Å². The van der Waals surface area contributed by atoms with Gasteiger partial charge in [0.1, 0.15) is 0 Å². The standard InChI is InChI=1S/C14H24N2O4S/c1-2-21(19,20)9-8-15-12-10-13(17)16(14(12)18)11-6-4-3-5-7-11/h11-12,15H,2-10H2,1H3. The van der Waals surface area contributed by atoms with Crippen LogP contribution in [0.1, 0.15) is 45.4 Å². The van der Waals surface area contributed by atoms with Crippen LogP contribution in [-0.4, -0.2) is 55.3 Å². The van der Waals surface area contributed by atoms with Gasteiger partial charge in [0.25, 0.3) is 0 Å². The van der Waals surface area contributed by atoms with Crippen molar-refractivity contribution in [1.82, 2.24) is 10.2 Å². The number of rotatable bonds is 6. The lowest BCUT2D eigenvalue weighted by atomic mass is 9.94. The normalized spacial score (nSPS) is 24.8. The topological polar surface area (TPSA) is 83.6 Å². The predicted molar refractivity (Wildman–Crippen MR) is 79.5 cm³/mol. The molecule has 1 atom stereocenters. The van der Waals surface area contributed by atoms with Crippen LogP contribution in [0.15, 0.2) is 0 Å². The Morgan fingerprint density at radius 2 is 1.86 bits per heavy atom. The number of hydrogen-bond acceptors (Lipinski definition) is 5. The number of nitrogens with one attached hydrogen (secondary N) is 1. The van der Waals surface area contributed by atoms with Crippen LogP contribution >= 0.6 is 0 Å². The largest absolute Gasteiger partial charge is 0.304 e. The number of nitrogens with zero attached hydrogens (tertiary/aromatic N) is 1. The van der Waals surface area contributed by atoms with E-state index in [-0.39, 0.29) is 42.3 Å². The van der Waals surface area contributed by atoms with Crippen molar-refractivity contribution in [2.24, 2.45) is 0 Å². The first-order valence-electron chi connectivity index (χ1n) is 7.74. The van der Waals surface area contributed by atoms with Gasteiger partial charge in [-0.3, -0.25) is 14.5 Å². The third-order valence-corrected chi connectivity index (χ3v) is 6.07. The van der Waals surface area contributed by atoms with Crippen LogP contribution in [0.4, 0.5) is 0 Å². The maximum absolute atomic E-state index is 12.3. The third-order valence-electron chi connectivity index (χ3n) is 4.37. The van der Waals surface area contributed by atoms with Gasteiger partial charge in [-0.25, -0.2) is 8.42 Å². The van der Waals surface area contributed by atoms with Gasteiger partial charge in [-0.05, 0) is 12.8 Å². The lowest BCUT2D eigenvalue weighted by Crippen LogP contribution is -2.45. The van der Waals surface area contributed by atoms with E-state index in [2.05, 4.69) is 5.32 Å². The molecule has 0 aromatic carbocycles. The monoisotopic (exact) mass is 316 g/mol. The van der Waals surface area contributed by atoms with Gasteiger partial charge in [0.2, 0.25) is 11.8 Å². The first-order valence-corrected chi connectivity index (χ1v) is 9.56. The zero-order chi connectivity index (χ0) is 15.5. The summed E-state index contributed by atoms with van der Waals surface area (Å²) < 4.78 is 22.9. The number of hydrogen-bond donors (Lipinski definition) is 1. The smallest absolute Gasteiger partial charge is 0.247 e. The Morgan fingerprint density at radius 3 is 2.48 bits per heavy atom. The van der Waals surface area contributed by atoms with Crippen LogP contribution in [-0.2, 0) is 19.4 Å². The molecule has 1 N–H and O–H groups in total. The van der Waals surface area contributed by atoms with Gasteiger partial charge in [0, 0.05) is 18.3 Å². The molecule has 1 aliphatic carbocycles. The van der Waals surface area contributed by atoms with E-state index in [1.807, 2.05) is 0 Å². The predicted octanol–water partition coefficient (Wildman–Crippen LogP) is 0.471. The molecule has 1 saturated heterocycles. The molecule has 7 heteroatoms. The van der Waals surface area contributed by atoms with Crippen molar-refractivity contribution >= 4 is 21.7 Å². The Morgan fingerprint density at radius 1 is 1.19 bits per heavy atom. The van der Waals surface area contributed by atoms with Gasteiger partial charge >= 0.3 is 0 Å². The molecule has 120 valence electrons. The summed E-state index contributed by atoms with van der Waals surface area (Å²) in [6, 6.07) is -0.503. The SMILES string of the molecule is CCS(=O)(=O)CCNC1CC(=O)N(C2CCCCC2)C1=O. The molecule has 6 nitrogen and oxygen atoms in total. The van der Waals surface area contributed by atoms with Crippen molar-refractivity contribution in [3.8, 4) is 0 Å². The Hall–Kier alpha value is -0.950. The zero-order valence-electron chi connectivity index (χ0n) is 12.5. The first kappa shape index (κ1) is 16.4. The van der Waals surface area contributed by atoms with Crippen LogP contribution in [0, 0.1) is 0 Å². The highest BCUT2D eigenvalue weighted by atomic mass is 32.2. The van der Waals surface area contributed by atoms with Gasteiger partial charge in [0.05, 0.1) is 18.2 Å². The van der Waals surface area contributed by atoms with Crippen molar-refractivity contribution < 1.29 is 18.0 Å². The molecule has 1 unspecified atom stereocenters. The van der Waals surface area contributed by atoms with Gasteiger partial charge in [0.15, 0.2) is 9.84 Å². The highest BCUT2D eigenvalue weighted by molar-refractivity contribution is 7.91. The molecule has 0 aromatic rings. The number of sulfone groups is 1. The second-order valence-electron chi connectivity index (χ2n) is 5.84. The summed E-state index contributed by atoms with van der Waals surface area (Å²) in [5, 5.41) is 2.93. The summed E-state index contributed by atoms with van der Waals surface area (Å²) in [5.74, 6) is -0.200. The van der Waals surface area contributed by atoms with E-state index in [1.165, 1.54) is 11.3 Å². The summed E-state index contributed by atoms with van der Waals surface area (Å²) in [6.45, 7) is 1.82. The fourth-order valence-electron chi connectivity index (χ4n) is 3.07. The maximum atomic E-state index is 12.3. The van der Waals surface area contributed by atoms with Crippen molar-refractivity contribution in [2.45, 2.75) is 57.5 Å². The van der Waals surface area contributed by atoms with E-state index >= 15 is 0 Å². The minimum Gasteiger partial charge on any atom is -0.304 e. The molecule has 1 aliphatic heterocycles. The van der Waals surface area contributed by atoms with Crippen LogP contribution < -0.4 is 5.32 Å². The molecule has 21 heavy (non-hydrogen) atoms. The Kier molecular flexibility index (Phi) is 5.37. The van der Waals surface area contributed by atoms with Gasteiger partial charge in [-0.2, -0.15) is 0 Å². The van der Waals surface area contributed by atoms with Crippen molar-refractivity contribution in [2.75, 3.05) is 18.1 Å². The molecule has 0 spiro atoms. The van der Waals surface area contributed by atoms with E-state index in [9.17, 15) is 18.0 Å². The number of carbonyl (C=O) groups is 2. The maximum Gasteiger partial charge on any atom is 0.247 e. The fraction of sp³-hybridized carbons (Fsp3) is 0.857. The third kappa shape index (κ3) is 4.03. The highest BCUT2D eigenvalue weighted by Crippen LogP contribution is 2.27. The molecule has 2 aliphatic rings. The molecule has 0 radical (unpaired) electrons. The summed E-state index contributed by atoms with van der Waals surface area (Å²) in [6.07, 6.45) is 5.25. The van der Waals surface area contributed by atoms with E-state index in [4.69, 9.17) is 0 Å². The molecule has 0 aromatic heterocycles. The average Bonchev–Trinajstić information content (AvgIpc) is 2.74. The molecule has 2 amide bonds. The van der Waals surface area contributed by atoms with Gasteiger partial charge in [-0.15, -0.1) is 0 Å². The van der Waals surface area contributed by atoms with Crippen molar-refractivity contribution in [3.05, 3.63) is 0 Å². The quantitative estimate of drug-likeness (QED) is 0.720. The molecule has 1 heterocycles. The highest BCUT2D eigenvalue weighted by Gasteiger charge is 2.42. The minimum absolute atomic E-state index is 0.00486. The summed E-state index contributed by atoms with van der Waals surface area (Å²) in [4.78, 5) is 25.8. The first-order chi connectivity index (χ1) is 9.94. The van der Waals surface area contributed by atoms with Crippen molar-refractivity contribution in [1.29, 1.82) is 0 Å². The molecule has 2 fully saturated rings. The number of carbonyl (C=O) groups excluding carboxylic acids is 2. The molecular formula is C14H24N2O4S. The molecule has 2 rings (SSSR count). The lowest BCUT2D eigenvalue weighted by molar-refractivity contribution is -0.142. The van der Waals surface area contributed by atoms with E-state index in [1.54, 1.807) is 6.92 Å². The van der Waals surface area contributed by atoms with Gasteiger partial charge in [-0.1, -0.05) is 26.2 Å². The molecular weight excluding hydrogens is 292 g/mol. The van der Waals surface area contributed by atoms with Crippen LogP contribution in [0.3, 0.4) is 0 Å². The fourth-order valence-corrected chi connectivity index (χ4v) is 3.78. The van der Waals surface area contributed by atoms with E-state index in [0.29, 0.717) is 0 Å². The average molecular weight is 316 g/mol. The van der Waals surface area contributed by atoms with Crippen molar-refractivity contribution in [3.63, 3.8) is 0 Å². The number of imide groups is 1. The Labute approximate surface area is 126 Å². The minimum atomic E-state index is -3.05. The second-order valence-corrected chi connectivity index (χ2v) is 8.31. The number of likely N-dealkylation sites (tertiary alicyclic amines) is 1. The summed E-state index contributed by atoms with van der Waals surface area (Å²) in [7, 11) is -3.05. The Balaban J connectivity index is 1.89. The second kappa shape index (κ2) is 6.87. The van der Waals surface area contributed by atoms with Crippen LogP contribution in [0.25, 0.3) is 0 Å². The van der Waals surface area contributed by atoms with E-state index in [0.717, 1.165) is 25.7 Å². The molecule has 0 bridgehead atoms. The van der Waals surface area contributed by atoms with Gasteiger partial charge < -0.3 is 5.32 Å². The molecule has 1 saturated carbocycles.